The summed E-state index contributed by atoms with van der Waals surface area (Å²) in [4.78, 5) is 12.6. The van der Waals surface area contributed by atoms with Gasteiger partial charge in [-0.2, -0.15) is 0 Å². The van der Waals surface area contributed by atoms with Crippen molar-refractivity contribution in [3.8, 4) is 0 Å². The predicted molar refractivity (Wildman–Crippen MR) is 192 cm³/mol. The van der Waals surface area contributed by atoms with Crippen molar-refractivity contribution >= 4 is 12.0 Å². The van der Waals surface area contributed by atoms with Crippen molar-refractivity contribution in [1.29, 1.82) is 0 Å². The van der Waals surface area contributed by atoms with E-state index in [0.29, 0.717) is 19.8 Å². The van der Waals surface area contributed by atoms with Gasteiger partial charge < -0.3 is 23.7 Å². The minimum absolute atomic E-state index is 0.0902. The Morgan fingerprint density at radius 1 is 0.531 bits per heavy atom. The second-order valence-electron chi connectivity index (χ2n) is 11.7. The molecule has 5 aromatic rings. The van der Waals surface area contributed by atoms with Crippen molar-refractivity contribution in [2.75, 3.05) is 6.61 Å². The highest BCUT2D eigenvalue weighted by Crippen LogP contribution is 2.25. The second kappa shape index (κ2) is 19.8. The van der Waals surface area contributed by atoms with E-state index in [1.165, 1.54) is 6.92 Å². The van der Waals surface area contributed by atoms with Crippen molar-refractivity contribution < 1.29 is 28.5 Å². The lowest BCUT2D eigenvalue weighted by Gasteiger charge is -2.36. The number of hydrogen-bond acceptors (Lipinski definition) is 6. The lowest BCUT2D eigenvalue weighted by atomic mass is 10.00. The topological polar surface area (TPSA) is 63.2 Å². The molecule has 0 spiro atoms. The molecule has 5 rings (SSSR count). The van der Waals surface area contributed by atoms with E-state index in [9.17, 15) is 4.79 Å². The van der Waals surface area contributed by atoms with Gasteiger partial charge in [0.1, 0.15) is 18.3 Å². The Bertz CT molecular complexity index is 1650. The molecular formula is C43H44O6. The van der Waals surface area contributed by atoms with Crippen molar-refractivity contribution in [2.24, 2.45) is 0 Å². The molecule has 0 aliphatic carbocycles. The van der Waals surface area contributed by atoms with E-state index in [4.69, 9.17) is 23.7 Å². The molecule has 0 aromatic heterocycles. The van der Waals surface area contributed by atoms with Crippen LogP contribution >= 0.6 is 0 Å². The van der Waals surface area contributed by atoms with E-state index in [2.05, 4.69) is 0 Å². The van der Waals surface area contributed by atoms with Gasteiger partial charge in [-0.3, -0.25) is 4.79 Å². The van der Waals surface area contributed by atoms with Crippen LogP contribution < -0.4 is 0 Å². The third-order valence-electron chi connectivity index (χ3n) is 7.86. The van der Waals surface area contributed by atoms with Gasteiger partial charge in [0.15, 0.2) is 6.10 Å². The normalized spacial score (nSPS) is 13.8. The molecule has 4 atom stereocenters. The third-order valence-corrected chi connectivity index (χ3v) is 7.86. The maximum absolute atomic E-state index is 12.6. The van der Waals surface area contributed by atoms with E-state index in [0.717, 1.165) is 27.8 Å². The minimum Gasteiger partial charge on any atom is -0.457 e. The standard InChI is InChI=1S/C43H44O6/c1-34(44)49-41(33-45-29-36-19-9-3-10-20-36)43(48-32-39-25-15-6-16-26-39)42(47-31-38-23-13-5-14-24-38)40(28-27-35-17-7-2-8-18-35)46-30-37-21-11-4-12-22-37/h2-28,40-43H,29-33H2,1H3/b28-27-/t40-,41-,42-,43-/m1/s1. The molecule has 0 amide bonds. The van der Waals surface area contributed by atoms with E-state index < -0.39 is 30.4 Å². The van der Waals surface area contributed by atoms with Crippen LogP contribution in [0.15, 0.2) is 158 Å². The average Bonchev–Trinajstić information content (AvgIpc) is 3.15. The zero-order chi connectivity index (χ0) is 33.9. The van der Waals surface area contributed by atoms with Crippen LogP contribution in [0.2, 0.25) is 0 Å². The van der Waals surface area contributed by atoms with Crippen LogP contribution in [0.1, 0.15) is 34.7 Å². The first kappa shape index (κ1) is 35.5. The quantitative estimate of drug-likeness (QED) is 0.0830. The summed E-state index contributed by atoms with van der Waals surface area (Å²) in [6, 6.07) is 49.8. The summed E-state index contributed by atoms with van der Waals surface area (Å²) in [7, 11) is 0. The Morgan fingerprint density at radius 3 is 1.41 bits per heavy atom. The Morgan fingerprint density at radius 2 is 0.939 bits per heavy atom. The summed E-state index contributed by atoms with van der Waals surface area (Å²) in [6.45, 7) is 2.73. The molecule has 49 heavy (non-hydrogen) atoms. The monoisotopic (exact) mass is 656 g/mol. The maximum atomic E-state index is 12.6. The zero-order valence-corrected chi connectivity index (χ0v) is 27.9. The van der Waals surface area contributed by atoms with Gasteiger partial charge in [0.2, 0.25) is 0 Å². The van der Waals surface area contributed by atoms with Crippen LogP contribution in [0.5, 0.6) is 0 Å². The van der Waals surface area contributed by atoms with Crippen LogP contribution in [0.25, 0.3) is 6.08 Å². The fourth-order valence-corrected chi connectivity index (χ4v) is 5.40. The Balaban J connectivity index is 1.51. The largest absolute Gasteiger partial charge is 0.457 e. The zero-order valence-electron chi connectivity index (χ0n) is 27.9. The highest BCUT2D eigenvalue weighted by molar-refractivity contribution is 5.66. The molecule has 0 aliphatic rings. The molecule has 6 nitrogen and oxygen atoms in total. The number of carbonyl (C=O) groups excluding carboxylic acids is 1. The van der Waals surface area contributed by atoms with Gasteiger partial charge in [0, 0.05) is 6.92 Å². The first-order valence-electron chi connectivity index (χ1n) is 16.6. The lowest BCUT2D eigenvalue weighted by molar-refractivity contribution is -0.195. The van der Waals surface area contributed by atoms with Gasteiger partial charge in [-0.05, 0) is 27.8 Å². The van der Waals surface area contributed by atoms with Gasteiger partial charge in [-0.1, -0.05) is 164 Å². The van der Waals surface area contributed by atoms with Crippen molar-refractivity contribution in [3.63, 3.8) is 0 Å². The molecular weight excluding hydrogens is 612 g/mol. The van der Waals surface area contributed by atoms with Gasteiger partial charge in [0.25, 0.3) is 0 Å². The molecule has 0 aliphatic heterocycles. The van der Waals surface area contributed by atoms with Crippen molar-refractivity contribution in [2.45, 2.75) is 57.8 Å². The molecule has 252 valence electrons. The number of carbonyl (C=O) groups is 1. The number of rotatable bonds is 19. The Hall–Kier alpha value is -4.85. The molecule has 0 bridgehead atoms. The van der Waals surface area contributed by atoms with Crippen LogP contribution in [0.3, 0.4) is 0 Å². The molecule has 5 aromatic carbocycles. The summed E-state index contributed by atoms with van der Waals surface area (Å²) >= 11 is 0. The molecule has 0 unspecified atom stereocenters. The predicted octanol–water partition coefficient (Wildman–Crippen LogP) is 8.60. The smallest absolute Gasteiger partial charge is 0.303 e. The van der Waals surface area contributed by atoms with Crippen LogP contribution in [-0.2, 0) is 54.9 Å². The fourth-order valence-electron chi connectivity index (χ4n) is 5.40. The van der Waals surface area contributed by atoms with Gasteiger partial charge in [0.05, 0.1) is 33.0 Å². The molecule has 0 radical (unpaired) electrons. The highest BCUT2D eigenvalue weighted by Gasteiger charge is 2.39. The van der Waals surface area contributed by atoms with E-state index in [1.807, 2.05) is 164 Å². The average molecular weight is 657 g/mol. The summed E-state index contributed by atoms with van der Waals surface area (Å²) < 4.78 is 32.4. The lowest BCUT2D eigenvalue weighted by Crippen LogP contribution is -2.51. The van der Waals surface area contributed by atoms with Crippen LogP contribution in [0, 0.1) is 0 Å². The Kier molecular flexibility index (Phi) is 14.4. The number of ether oxygens (including phenoxy) is 5. The number of hydrogen-bond donors (Lipinski definition) is 0. The van der Waals surface area contributed by atoms with Gasteiger partial charge in [-0.15, -0.1) is 0 Å². The summed E-state index contributed by atoms with van der Waals surface area (Å²) in [5, 5.41) is 0. The van der Waals surface area contributed by atoms with Gasteiger partial charge in [-0.25, -0.2) is 0 Å². The summed E-state index contributed by atoms with van der Waals surface area (Å²) in [5.74, 6) is -0.440. The summed E-state index contributed by atoms with van der Waals surface area (Å²) in [5.41, 5.74) is 5.02. The fraction of sp³-hybridized carbons (Fsp3) is 0.233. The SMILES string of the molecule is CC(=O)O[C@H](COCc1ccccc1)[C@@H](OCc1ccccc1)[C@H](OCc1ccccc1)[C@@H](/C=C\c1ccccc1)OCc1ccccc1. The molecule has 0 saturated heterocycles. The van der Waals surface area contributed by atoms with E-state index >= 15 is 0 Å². The molecule has 0 N–H and O–H groups in total. The number of benzene rings is 5. The Labute approximate surface area is 289 Å². The highest BCUT2D eigenvalue weighted by atomic mass is 16.6. The molecule has 6 heteroatoms. The summed E-state index contributed by atoms with van der Waals surface area (Å²) in [6.07, 6.45) is 1.13. The third kappa shape index (κ3) is 12.3. The van der Waals surface area contributed by atoms with Gasteiger partial charge >= 0.3 is 5.97 Å². The first-order valence-corrected chi connectivity index (χ1v) is 16.6. The second-order valence-corrected chi connectivity index (χ2v) is 11.7. The van der Waals surface area contributed by atoms with Crippen molar-refractivity contribution in [3.05, 3.63) is 186 Å². The molecule has 0 fully saturated rings. The molecule has 0 heterocycles. The van der Waals surface area contributed by atoms with Crippen LogP contribution in [-0.4, -0.2) is 37.0 Å². The minimum atomic E-state index is -0.807. The van der Waals surface area contributed by atoms with E-state index in [1.54, 1.807) is 0 Å². The number of esters is 1. The first-order chi connectivity index (χ1) is 24.1. The van der Waals surface area contributed by atoms with Crippen LogP contribution in [0.4, 0.5) is 0 Å². The maximum Gasteiger partial charge on any atom is 0.303 e. The van der Waals surface area contributed by atoms with Crippen molar-refractivity contribution in [1.82, 2.24) is 0 Å². The van der Waals surface area contributed by atoms with E-state index in [-0.39, 0.29) is 13.2 Å². The molecule has 0 saturated carbocycles.